The van der Waals surface area contributed by atoms with Gasteiger partial charge in [-0.1, -0.05) is 60.7 Å². The van der Waals surface area contributed by atoms with Crippen LogP contribution in [0.5, 0.6) is 0 Å². The zero-order valence-electron chi connectivity index (χ0n) is 15.7. The summed E-state index contributed by atoms with van der Waals surface area (Å²) in [4.78, 5) is 12.8. The average Bonchev–Trinajstić information content (AvgIpc) is 3.25. The summed E-state index contributed by atoms with van der Waals surface area (Å²) in [6.45, 7) is 0.550. The highest BCUT2D eigenvalue weighted by molar-refractivity contribution is 6.00. The molecule has 1 aromatic heterocycles. The number of aromatic nitrogens is 2. The van der Waals surface area contributed by atoms with E-state index in [0.29, 0.717) is 29.1 Å². The van der Waals surface area contributed by atoms with E-state index in [-0.39, 0.29) is 11.7 Å². The summed E-state index contributed by atoms with van der Waals surface area (Å²) >= 11 is 0. The number of halogens is 1. The van der Waals surface area contributed by atoms with Crippen molar-refractivity contribution >= 4 is 5.91 Å². The molecule has 3 aromatic carbocycles. The molecular weight excluding hydrogens is 365 g/mol. The summed E-state index contributed by atoms with van der Waals surface area (Å²) < 4.78 is 13.5. The predicted molar refractivity (Wildman–Crippen MR) is 112 cm³/mol. The monoisotopic (exact) mass is 385 g/mol. The minimum atomic E-state index is -0.315. The molecule has 0 radical (unpaired) electrons. The lowest BCUT2D eigenvalue weighted by molar-refractivity contribution is 0.0954. The maximum Gasteiger partial charge on any atom is 0.251 e. The minimum absolute atomic E-state index is 0.140. The second kappa shape index (κ2) is 8.52. The Bertz CT molecular complexity index is 1120. The lowest BCUT2D eigenvalue weighted by Gasteiger charge is -2.09. The number of nitrogens with zero attached hydrogens (tertiary/aromatic N) is 1. The number of benzene rings is 3. The summed E-state index contributed by atoms with van der Waals surface area (Å²) in [7, 11) is 0. The number of hydrogen-bond donors (Lipinski definition) is 2. The Morgan fingerprint density at radius 2 is 1.72 bits per heavy atom. The van der Waals surface area contributed by atoms with Gasteiger partial charge in [0, 0.05) is 23.2 Å². The van der Waals surface area contributed by atoms with Gasteiger partial charge in [-0.05, 0) is 36.2 Å². The molecule has 0 saturated carbocycles. The molecule has 0 atom stereocenters. The van der Waals surface area contributed by atoms with Gasteiger partial charge in [0.2, 0.25) is 0 Å². The lowest BCUT2D eigenvalue weighted by Crippen LogP contribution is -2.26. The third-order valence-corrected chi connectivity index (χ3v) is 4.70. The SMILES string of the molecule is O=C(NCCc1ccccc1)c1ccccc1-c1cc(-c2cccc(F)c2)n[nH]1. The van der Waals surface area contributed by atoms with Crippen LogP contribution in [-0.4, -0.2) is 22.6 Å². The molecule has 1 amide bonds. The third kappa shape index (κ3) is 4.41. The first-order valence-corrected chi connectivity index (χ1v) is 9.43. The van der Waals surface area contributed by atoms with Crippen molar-refractivity contribution in [2.24, 2.45) is 0 Å². The summed E-state index contributed by atoms with van der Waals surface area (Å²) in [5.41, 5.74) is 4.50. The molecule has 0 saturated heterocycles. The number of nitrogens with one attached hydrogen (secondary N) is 2. The largest absolute Gasteiger partial charge is 0.352 e. The number of H-pyrrole nitrogens is 1. The molecule has 4 rings (SSSR count). The fourth-order valence-corrected chi connectivity index (χ4v) is 3.23. The summed E-state index contributed by atoms with van der Waals surface area (Å²) in [5.74, 6) is -0.455. The Kier molecular flexibility index (Phi) is 5.47. The first-order valence-electron chi connectivity index (χ1n) is 9.43. The van der Waals surface area contributed by atoms with Gasteiger partial charge >= 0.3 is 0 Å². The van der Waals surface area contributed by atoms with Crippen molar-refractivity contribution in [3.63, 3.8) is 0 Å². The maximum absolute atomic E-state index is 13.5. The standard InChI is InChI=1S/C24H20FN3O/c25-19-10-6-9-18(15-19)22-16-23(28-27-22)20-11-4-5-12-21(20)24(29)26-14-13-17-7-2-1-3-8-17/h1-12,15-16H,13-14H2,(H,26,29)(H,27,28). The van der Waals surface area contributed by atoms with Gasteiger partial charge in [-0.3, -0.25) is 9.89 Å². The lowest BCUT2D eigenvalue weighted by atomic mass is 10.0. The molecule has 4 aromatic rings. The van der Waals surface area contributed by atoms with Crippen LogP contribution in [0.3, 0.4) is 0 Å². The first kappa shape index (κ1) is 18.6. The van der Waals surface area contributed by atoms with Crippen molar-refractivity contribution in [3.05, 3.63) is 102 Å². The maximum atomic E-state index is 13.5. The van der Waals surface area contributed by atoms with E-state index in [0.717, 1.165) is 12.0 Å². The fourth-order valence-electron chi connectivity index (χ4n) is 3.23. The molecule has 144 valence electrons. The van der Waals surface area contributed by atoms with Crippen LogP contribution in [-0.2, 0) is 6.42 Å². The van der Waals surface area contributed by atoms with Crippen molar-refractivity contribution in [2.75, 3.05) is 6.54 Å². The highest BCUT2D eigenvalue weighted by Crippen LogP contribution is 2.26. The number of rotatable bonds is 6. The van der Waals surface area contributed by atoms with E-state index in [4.69, 9.17) is 0 Å². The Morgan fingerprint density at radius 1 is 0.931 bits per heavy atom. The molecule has 0 bridgehead atoms. The molecule has 0 aliphatic rings. The number of amides is 1. The topological polar surface area (TPSA) is 57.8 Å². The molecule has 0 aliphatic heterocycles. The molecule has 0 spiro atoms. The Labute approximate surface area is 168 Å². The number of hydrogen-bond acceptors (Lipinski definition) is 2. The smallest absolute Gasteiger partial charge is 0.251 e. The second-order valence-electron chi connectivity index (χ2n) is 6.71. The van der Waals surface area contributed by atoms with Crippen LogP contribution < -0.4 is 5.32 Å². The number of aromatic amines is 1. The van der Waals surface area contributed by atoms with E-state index in [1.807, 2.05) is 54.6 Å². The van der Waals surface area contributed by atoms with Crippen LogP contribution in [0.4, 0.5) is 4.39 Å². The Hall–Kier alpha value is -3.73. The van der Waals surface area contributed by atoms with E-state index in [2.05, 4.69) is 15.5 Å². The van der Waals surface area contributed by atoms with Gasteiger partial charge in [0.1, 0.15) is 5.82 Å². The van der Waals surface area contributed by atoms with E-state index in [9.17, 15) is 9.18 Å². The quantitative estimate of drug-likeness (QED) is 0.498. The van der Waals surface area contributed by atoms with Crippen molar-refractivity contribution in [3.8, 4) is 22.5 Å². The van der Waals surface area contributed by atoms with Gasteiger partial charge in [0.15, 0.2) is 0 Å². The van der Waals surface area contributed by atoms with E-state index >= 15 is 0 Å². The first-order chi connectivity index (χ1) is 14.2. The van der Waals surface area contributed by atoms with Crippen LogP contribution in [0.2, 0.25) is 0 Å². The van der Waals surface area contributed by atoms with Gasteiger partial charge in [0.05, 0.1) is 11.4 Å². The van der Waals surface area contributed by atoms with E-state index in [1.165, 1.54) is 17.7 Å². The number of carbonyl (C=O) groups is 1. The van der Waals surface area contributed by atoms with E-state index < -0.39 is 0 Å². The van der Waals surface area contributed by atoms with Gasteiger partial charge in [-0.25, -0.2) is 4.39 Å². The van der Waals surface area contributed by atoms with Crippen molar-refractivity contribution in [1.29, 1.82) is 0 Å². The van der Waals surface area contributed by atoms with Crippen LogP contribution in [0.25, 0.3) is 22.5 Å². The van der Waals surface area contributed by atoms with Crippen LogP contribution in [0, 0.1) is 5.82 Å². The minimum Gasteiger partial charge on any atom is -0.352 e. The highest BCUT2D eigenvalue weighted by Gasteiger charge is 2.14. The van der Waals surface area contributed by atoms with Crippen LogP contribution in [0.15, 0.2) is 84.9 Å². The third-order valence-electron chi connectivity index (χ3n) is 4.70. The molecule has 0 aliphatic carbocycles. The van der Waals surface area contributed by atoms with Gasteiger partial charge in [0.25, 0.3) is 5.91 Å². The highest BCUT2D eigenvalue weighted by atomic mass is 19.1. The van der Waals surface area contributed by atoms with Crippen LogP contribution in [0.1, 0.15) is 15.9 Å². The molecule has 5 heteroatoms. The van der Waals surface area contributed by atoms with Crippen molar-refractivity contribution in [1.82, 2.24) is 15.5 Å². The number of carbonyl (C=O) groups excluding carboxylic acids is 1. The van der Waals surface area contributed by atoms with Crippen molar-refractivity contribution < 1.29 is 9.18 Å². The fraction of sp³-hybridized carbons (Fsp3) is 0.0833. The zero-order valence-corrected chi connectivity index (χ0v) is 15.7. The second-order valence-corrected chi connectivity index (χ2v) is 6.71. The van der Waals surface area contributed by atoms with Crippen LogP contribution >= 0.6 is 0 Å². The molecule has 0 unspecified atom stereocenters. The summed E-state index contributed by atoms with van der Waals surface area (Å²) in [6, 6.07) is 25.5. The zero-order chi connectivity index (χ0) is 20.1. The van der Waals surface area contributed by atoms with Gasteiger partial charge in [-0.15, -0.1) is 0 Å². The molecule has 1 heterocycles. The van der Waals surface area contributed by atoms with E-state index in [1.54, 1.807) is 18.2 Å². The Morgan fingerprint density at radius 3 is 2.55 bits per heavy atom. The van der Waals surface area contributed by atoms with Gasteiger partial charge < -0.3 is 5.32 Å². The average molecular weight is 385 g/mol. The molecule has 4 nitrogen and oxygen atoms in total. The van der Waals surface area contributed by atoms with Crippen molar-refractivity contribution in [2.45, 2.75) is 6.42 Å². The molecule has 29 heavy (non-hydrogen) atoms. The Balaban J connectivity index is 1.52. The summed E-state index contributed by atoms with van der Waals surface area (Å²) in [5, 5.41) is 10.2. The molecule has 2 N–H and O–H groups in total. The van der Waals surface area contributed by atoms with Gasteiger partial charge in [-0.2, -0.15) is 5.10 Å². The summed E-state index contributed by atoms with van der Waals surface area (Å²) in [6.07, 6.45) is 0.766. The molecular formula is C24H20FN3O. The predicted octanol–water partition coefficient (Wildman–Crippen LogP) is 4.86. The molecule has 0 fully saturated rings. The normalized spacial score (nSPS) is 10.7.